The first-order valence-corrected chi connectivity index (χ1v) is 7.79. The predicted molar refractivity (Wildman–Crippen MR) is 84.1 cm³/mol. The molecular formula is C17H28N2. The third-order valence-electron chi connectivity index (χ3n) is 4.20. The minimum absolute atomic E-state index is 0.620. The van der Waals surface area contributed by atoms with E-state index in [1.165, 1.54) is 43.6 Å². The highest BCUT2D eigenvalue weighted by Gasteiger charge is 2.14. The lowest BCUT2D eigenvalue weighted by Crippen LogP contribution is -2.39. The van der Waals surface area contributed by atoms with Gasteiger partial charge in [0.1, 0.15) is 0 Å². The van der Waals surface area contributed by atoms with E-state index in [1.807, 2.05) is 0 Å². The molecule has 1 saturated heterocycles. The number of hydrogen-bond donors (Lipinski definition) is 1. The third kappa shape index (κ3) is 3.97. The predicted octanol–water partition coefficient (Wildman–Crippen LogP) is 3.78. The topological polar surface area (TPSA) is 15.3 Å². The Bertz CT molecular complexity index is 369. The van der Waals surface area contributed by atoms with Crippen LogP contribution in [0.15, 0.2) is 24.3 Å². The van der Waals surface area contributed by atoms with Gasteiger partial charge in [-0.15, -0.1) is 0 Å². The Labute approximate surface area is 118 Å². The quantitative estimate of drug-likeness (QED) is 0.890. The fourth-order valence-corrected chi connectivity index (χ4v) is 2.78. The SMILES string of the molecule is CCC1CCN(c2ccc(C(C)C)cc2)CCCN1. The van der Waals surface area contributed by atoms with E-state index >= 15 is 0 Å². The standard InChI is InChI=1S/C17H28N2/c1-4-16-10-13-19(12-5-11-18-16)17-8-6-15(7-9-17)14(2)3/h6-9,14,16,18H,4-5,10-13H2,1-3H3. The summed E-state index contributed by atoms with van der Waals surface area (Å²) in [6.45, 7) is 10.3. The maximum atomic E-state index is 3.64. The molecule has 1 aliphatic heterocycles. The maximum Gasteiger partial charge on any atom is 0.0366 e. The van der Waals surface area contributed by atoms with Crippen molar-refractivity contribution in [2.45, 2.75) is 52.0 Å². The van der Waals surface area contributed by atoms with Gasteiger partial charge in [0, 0.05) is 24.8 Å². The van der Waals surface area contributed by atoms with Crippen LogP contribution in [0.1, 0.15) is 51.5 Å². The molecular weight excluding hydrogens is 232 g/mol. The van der Waals surface area contributed by atoms with Crippen molar-refractivity contribution < 1.29 is 0 Å². The molecule has 0 radical (unpaired) electrons. The molecule has 1 atom stereocenters. The van der Waals surface area contributed by atoms with E-state index < -0.39 is 0 Å². The number of benzene rings is 1. The lowest BCUT2D eigenvalue weighted by molar-refractivity contribution is 0.439. The summed E-state index contributed by atoms with van der Waals surface area (Å²) >= 11 is 0. The molecule has 0 bridgehead atoms. The van der Waals surface area contributed by atoms with Crippen LogP contribution in [-0.4, -0.2) is 25.7 Å². The summed E-state index contributed by atoms with van der Waals surface area (Å²) in [5.41, 5.74) is 2.82. The fraction of sp³-hybridized carbons (Fsp3) is 0.647. The molecule has 2 heteroatoms. The van der Waals surface area contributed by atoms with Crippen LogP contribution >= 0.6 is 0 Å². The summed E-state index contributed by atoms with van der Waals surface area (Å²) < 4.78 is 0. The molecule has 0 saturated carbocycles. The molecule has 1 N–H and O–H groups in total. The van der Waals surface area contributed by atoms with Crippen molar-refractivity contribution in [1.29, 1.82) is 0 Å². The van der Waals surface area contributed by atoms with Gasteiger partial charge in [-0.1, -0.05) is 32.9 Å². The zero-order chi connectivity index (χ0) is 13.7. The molecule has 1 aromatic carbocycles. The van der Waals surface area contributed by atoms with Crippen molar-refractivity contribution in [2.24, 2.45) is 0 Å². The van der Waals surface area contributed by atoms with Crippen LogP contribution < -0.4 is 10.2 Å². The van der Waals surface area contributed by atoms with Crippen LogP contribution in [-0.2, 0) is 0 Å². The van der Waals surface area contributed by atoms with Gasteiger partial charge in [-0.05, 0) is 49.4 Å². The molecule has 1 aromatic rings. The number of anilines is 1. The third-order valence-corrected chi connectivity index (χ3v) is 4.20. The van der Waals surface area contributed by atoms with Crippen molar-refractivity contribution in [3.8, 4) is 0 Å². The lowest BCUT2D eigenvalue weighted by Gasteiger charge is -2.30. The fourth-order valence-electron chi connectivity index (χ4n) is 2.78. The molecule has 0 amide bonds. The molecule has 2 rings (SSSR count). The van der Waals surface area contributed by atoms with Gasteiger partial charge in [0.05, 0.1) is 0 Å². The van der Waals surface area contributed by atoms with Gasteiger partial charge in [-0.25, -0.2) is 0 Å². The Morgan fingerprint density at radius 3 is 2.58 bits per heavy atom. The van der Waals surface area contributed by atoms with Gasteiger partial charge in [0.25, 0.3) is 0 Å². The summed E-state index contributed by atoms with van der Waals surface area (Å²) in [7, 11) is 0. The first-order valence-electron chi connectivity index (χ1n) is 7.79. The minimum atomic E-state index is 0.620. The Hall–Kier alpha value is -1.02. The summed E-state index contributed by atoms with van der Waals surface area (Å²) in [6, 6.07) is 9.86. The van der Waals surface area contributed by atoms with Crippen LogP contribution in [0.4, 0.5) is 5.69 Å². The molecule has 1 aliphatic rings. The van der Waals surface area contributed by atoms with Crippen molar-refractivity contribution in [1.82, 2.24) is 5.32 Å². The maximum absolute atomic E-state index is 3.64. The number of rotatable bonds is 3. The number of nitrogens with zero attached hydrogens (tertiary/aromatic N) is 1. The lowest BCUT2D eigenvalue weighted by atomic mass is 10.0. The van der Waals surface area contributed by atoms with E-state index in [1.54, 1.807) is 0 Å². The minimum Gasteiger partial charge on any atom is -0.371 e. The molecule has 19 heavy (non-hydrogen) atoms. The molecule has 1 heterocycles. The largest absolute Gasteiger partial charge is 0.371 e. The first kappa shape index (κ1) is 14.4. The van der Waals surface area contributed by atoms with E-state index in [9.17, 15) is 0 Å². The van der Waals surface area contributed by atoms with Crippen LogP contribution in [0.25, 0.3) is 0 Å². The monoisotopic (exact) mass is 260 g/mol. The Morgan fingerprint density at radius 2 is 1.95 bits per heavy atom. The van der Waals surface area contributed by atoms with E-state index in [0.29, 0.717) is 12.0 Å². The van der Waals surface area contributed by atoms with Gasteiger partial charge in [0.15, 0.2) is 0 Å². The average molecular weight is 260 g/mol. The van der Waals surface area contributed by atoms with Crippen LogP contribution in [0.3, 0.4) is 0 Å². The zero-order valence-electron chi connectivity index (χ0n) is 12.7. The van der Waals surface area contributed by atoms with Gasteiger partial charge in [0.2, 0.25) is 0 Å². The molecule has 0 aliphatic carbocycles. The van der Waals surface area contributed by atoms with Crippen LogP contribution in [0.2, 0.25) is 0 Å². The smallest absolute Gasteiger partial charge is 0.0366 e. The number of nitrogens with one attached hydrogen (secondary N) is 1. The summed E-state index contributed by atoms with van der Waals surface area (Å²) in [5.74, 6) is 0.620. The van der Waals surface area contributed by atoms with Crippen LogP contribution in [0, 0.1) is 0 Å². The molecule has 1 fully saturated rings. The Balaban J connectivity index is 2.02. The second-order valence-electron chi connectivity index (χ2n) is 5.93. The van der Waals surface area contributed by atoms with Gasteiger partial charge < -0.3 is 10.2 Å². The van der Waals surface area contributed by atoms with Crippen molar-refractivity contribution in [2.75, 3.05) is 24.5 Å². The molecule has 0 spiro atoms. The summed E-state index contributed by atoms with van der Waals surface area (Å²) in [5, 5.41) is 3.64. The summed E-state index contributed by atoms with van der Waals surface area (Å²) in [4.78, 5) is 2.55. The zero-order valence-corrected chi connectivity index (χ0v) is 12.7. The van der Waals surface area contributed by atoms with Crippen LogP contribution in [0.5, 0.6) is 0 Å². The van der Waals surface area contributed by atoms with Crippen molar-refractivity contribution in [3.63, 3.8) is 0 Å². The van der Waals surface area contributed by atoms with Gasteiger partial charge in [-0.3, -0.25) is 0 Å². The Morgan fingerprint density at radius 1 is 1.21 bits per heavy atom. The second-order valence-corrected chi connectivity index (χ2v) is 5.93. The normalized spacial score (nSPS) is 21.3. The highest BCUT2D eigenvalue weighted by atomic mass is 15.1. The van der Waals surface area contributed by atoms with E-state index in [0.717, 1.165) is 6.54 Å². The first-order chi connectivity index (χ1) is 9.20. The summed E-state index contributed by atoms with van der Waals surface area (Å²) in [6.07, 6.45) is 3.73. The highest BCUT2D eigenvalue weighted by molar-refractivity contribution is 5.48. The Kier molecular flexibility index (Phi) is 5.26. The molecule has 2 nitrogen and oxygen atoms in total. The van der Waals surface area contributed by atoms with Crippen molar-refractivity contribution in [3.05, 3.63) is 29.8 Å². The molecule has 106 valence electrons. The second kappa shape index (κ2) is 6.95. The van der Waals surface area contributed by atoms with E-state index in [-0.39, 0.29) is 0 Å². The van der Waals surface area contributed by atoms with E-state index in [2.05, 4.69) is 55.3 Å². The average Bonchev–Trinajstić information content (AvgIpc) is 2.39. The van der Waals surface area contributed by atoms with Crippen molar-refractivity contribution >= 4 is 5.69 Å². The highest BCUT2D eigenvalue weighted by Crippen LogP contribution is 2.21. The molecule has 1 unspecified atom stereocenters. The van der Waals surface area contributed by atoms with Gasteiger partial charge >= 0.3 is 0 Å². The number of hydrogen-bond acceptors (Lipinski definition) is 2. The van der Waals surface area contributed by atoms with E-state index in [4.69, 9.17) is 0 Å². The van der Waals surface area contributed by atoms with Gasteiger partial charge in [-0.2, -0.15) is 0 Å². The molecule has 0 aromatic heterocycles.